The van der Waals surface area contributed by atoms with Crippen molar-refractivity contribution in [3.05, 3.63) is 36.7 Å². The monoisotopic (exact) mass is 514 g/mol. The van der Waals surface area contributed by atoms with Gasteiger partial charge in [0, 0.05) is 44.7 Å². The standard InChI is InChI=1S/C24H30N6O5S/c1-34-22-14-18(3-4-20(22)28-8-10-29(11-9-28)36(2,32)33)19-16-30-21(5-7-26-30)24(27-19)35-12-6-17-13-23(31)25-15-17/h3-5,7,14,16-17H,6,8-13,15H2,1-2H3,(H,25,31)/t17-/m1/s1. The van der Waals surface area contributed by atoms with E-state index in [-0.39, 0.29) is 11.8 Å². The normalized spacial score (nSPS) is 19.0. The average Bonchev–Trinajstić information content (AvgIpc) is 3.52. The number of sulfonamides is 1. The third-order valence-electron chi connectivity index (χ3n) is 6.71. The predicted molar refractivity (Wildman–Crippen MR) is 135 cm³/mol. The summed E-state index contributed by atoms with van der Waals surface area (Å²) in [6.45, 7) is 3.19. The molecule has 1 aromatic carbocycles. The minimum absolute atomic E-state index is 0.0907. The molecule has 2 aliphatic heterocycles. The minimum atomic E-state index is -3.19. The van der Waals surface area contributed by atoms with Crippen molar-refractivity contribution in [1.82, 2.24) is 24.2 Å². The SMILES string of the molecule is COc1cc(-c2cn3nccc3c(OCC[C@H]3CNC(=O)C3)n2)ccc1N1CCN(S(C)(=O)=O)CC1. The molecule has 0 bridgehead atoms. The van der Waals surface area contributed by atoms with Gasteiger partial charge in [-0.25, -0.2) is 17.9 Å². The van der Waals surface area contributed by atoms with E-state index in [0.717, 1.165) is 23.2 Å². The molecule has 0 unspecified atom stereocenters. The highest BCUT2D eigenvalue weighted by molar-refractivity contribution is 7.88. The Kier molecular flexibility index (Phi) is 6.71. The Morgan fingerprint density at radius 2 is 1.97 bits per heavy atom. The molecule has 36 heavy (non-hydrogen) atoms. The molecular formula is C24H30N6O5S. The Morgan fingerprint density at radius 3 is 2.67 bits per heavy atom. The lowest BCUT2D eigenvalue weighted by molar-refractivity contribution is -0.119. The molecule has 12 heteroatoms. The Morgan fingerprint density at radius 1 is 1.17 bits per heavy atom. The van der Waals surface area contributed by atoms with Gasteiger partial charge in [-0.1, -0.05) is 6.07 Å². The lowest BCUT2D eigenvalue weighted by atomic mass is 10.1. The van der Waals surface area contributed by atoms with Gasteiger partial charge in [-0.05, 0) is 30.5 Å². The predicted octanol–water partition coefficient (Wildman–Crippen LogP) is 1.39. The number of carbonyl (C=O) groups excluding carboxylic acids is 1. The number of amides is 1. The number of hydrogen-bond acceptors (Lipinski definition) is 8. The van der Waals surface area contributed by atoms with Gasteiger partial charge in [0.15, 0.2) is 0 Å². The first kappa shape index (κ1) is 24.3. The maximum atomic E-state index is 11.8. The summed E-state index contributed by atoms with van der Waals surface area (Å²) in [7, 11) is -1.57. The van der Waals surface area contributed by atoms with E-state index in [1.165, 1.54) is 10.6 Å². The fourth-order valence-electron chi connectivity index (χ4n) is 4.69. The van der Waals surface area contributed by atoms with Crippen LogP contribution in [0.2, 0.25) is 0 Å². The highest BCUT2D eigenvalue weighted by Gasteiger charge is 2.25. The highest BCUT2D eigenvalue weighted by Crippen LogP contribution is 2.34. The highest BCUT2D eigenvalue weighted by atomic mass is 32.2. The van der Waals surface area contributed by atoms with Crippen LogP contribution < -0.4 is 19.7 Å². The zero-order valence-corrected chi connectivity index (χ0v) is 21.2. The number of hydrogen-bond donors (Lipinski definition) is 1. The molecule has 1 atom stereocenters. The number of nitrogens with zero attached hydrogens (tertiary/aromatic N) is 5. The van der Waals surface area contributed by atoms with Gasteiger partial charge in [-0.15, -0.1) is 0 Å². The molecule has 0 saturated carbocycles. The number of anilines is 1. The van der Waals surface area contributed by atoms with Crippen LogP contribution in [0.1, 0.15) is 12.8 Å². The van der Waals surface area contributed by atoms with Crippen LogP contribution >= 0.6 is 0 Å². The van der Waals surface area contributed by atoms with Crippen molar-refractivity contribution < 1.29 is 22.7 Å². The summed E-state index contributed by atoms with van der Waals surface area (Å²) in [5.74, 6) is 1.54. The number of nitrogens with one attached hydrogen (secondary N) is 1. The maximum absolute atomic E-state index is 11.8. The van der Waals surface area contributed by atoms with Crippen LogP contribution in [0.25, 0.3) is 16.8 Å². The summed E-state index contributed by atoms with van der Waals surface area (Å²) in [4.78, 5) is 18.3. The number of fused-ring (bicyclic) bond motifs is 1. The first-order valence-corrected chi connectivity index (χ1v) is 13.8. The topological polar surface area (TPSA) is 118 Å². The molecular weight excluding hydrogens is 484 g/mol. The second-order valence-electron chi connectivity index (χ2n) is 9.14. The number of rotatable bonds is 8. The molecule has 1 amide bonds. The molecule has 4 heterocycles. The van der Waals surface area contributed by atoms with Gasteiger partial charge >= 0.3 is 0 Å². The fourth-order valence-corrected chi connectivity index (χ4v) is 5.52. The first-order chi connectivity index (χ1) is 17.3. The van der Waals surface area contributed by atoms with E-state index in [2.05, 4.69) is 15.3 Å². The largest absolute Gasteiger partial charge is 0.495 e. The molecule has 0 aliphatic carbocycles. The smallest absolute Gasteiger partial charge is 0.240 e. The Hall–Kier alpha value is -3.38. The number of benzene rings is 1. The molecule has 192 valence electrons. The summed E-state index contributed by atoms with van der Waals surface area (Å²) in [5.41, 5.74) is 3.21. The van der Waals surface area contributed by atoms with Crippen LogP contribution in [0.4, 0.5) is 5.69 Å². The minimum Gasteiger partial charge on any atom is -0.495 e. The second-order valence-corrected chi connectivity index (χ2v) is 11.1. The zero-order chi connectivity index (χ0) is 25.3. The molecule has 1 N–H and O–H groups in total. The molecule has 11 nitrogen and oxygen atoms in total. The van der Waals surface area contributed by atoms with E-state index < -0.39 is 10.0 Å². The van der Waals surface area contributed by atoms with Crippen LogP contribution in [0.5, 0.6) is 11.6 Å². The van der Waals surface area contributed by atoms with Crippen LogP contribution in [-0.4, -0.2) is 85.9 Å². The molecule has 3 aromatic rings. The summed E-state index contributed by atoms with van der Waals surface area (Å²) >= 11 is 0. The van der Waals surface area contributed by atoms with E-state index in [0.29, 0.717) is 63.1 Å². The third kappa shape index (κ3) is 5.09. The van der Waals surface area contributed by atoms with Gasteiger partial charge in [0.2, 0.25) is 21.8 Å². The Bertz CT molecular complexity index is 1370. The summed E-state index contributed by atoms with van der Waals surface area (Å²) in [6, 6.07) is 7.73. The molecule has 0 spiro atoms. The summed E-state index contributed by atoms with van der Waals surface area (Å²) < 4.78 is 38.7. The average molecular weight is 515 g/mol. The number of piperazine rings is 1. The van der Waals surface area contributed by atoms with Gasteiger partial charge in [0.05, 0.1) is 43.7 Å². The van der Waals surface area contributed by atoms with Crippen molar-refractivity contribution in [2.75, 3.05) is 57.6 Å². The van der Waals surface area contributed by atoms with Crippen molar-refractivity contribution in [1.29, 1.82) is 0 Å². The Labute approximate surface area is 210 Å². The zero-order valence-electron chi connectivity index (χ0n) is 20.4. The van der Waals surface area contributed by atoms with E-state index in [4.69, 9.17) is 14.5 Å². The molecule has 2 aromatic heterocycles. The van der Waals surface area contributed by atoms with E-state index in [1.807, 2.05) is 30.5 Å². The van der Waals surface area contributed by atoms with Gasteiger partial charge < -0.3 is 19.7 Å². The quantitative estimate of drug-likeness (QED) is 0.479. The molecule has 2 saturated heterocycles. The molecule has 5 rings (SSSR count). The van der Waals surface area contributed by atoms with Crippen molar-refractivity contribution in [3.63, 3.8) is 0 Å². The Balaban J connectivity index is 1.35. The maximum Gasteiger partial charge on any atom is 0.240 e. The number of carbonyl (C=O) groups is 1. The summed E-state index contributed by atoms with van der Waals surface area (Å²) in [6.07, 6.45) is 6.09. The molecule has 0 radical (unpaired) electrons. The molecule has 2 aliphatic rings. The van der Waals surface area contributed by atoms with E-state index in [1.54, 1.807) is 17.8 Å². The number of methoxy groups -OCH3 is 1. The van der Waals surface area contributed by atoms with Gasteiger partial charge in [-0.3, -0.25) is 4.79 Å². The van der Waals surface area contributed by atoms with Crippen molar-refractivity contribution >= 4 is 27.1 Å². The van der Waals surface area contributed by atoms with Crippen molar-refractivity contribution in [2.45, 2.75) is 12.8 Å². The van der Waals surface area contributed by atoms with E-state index >= 15 is 0 Å². The van der Waals surface area contributed by atoms with Crippen LogP contribution in [0.15, 0.2) is 36.7 Å². The first-order valence-electron chi connectivity index (χ1n) is 11.9. The molecule has 2 fully saturated rings. The third-order valence-corrected chi connectivity index (χ3v) is 8.01. The lowest BCUT2D eigenvalue weighted by Crippen LogP contribution is -2.48. The van der Waals surface area contributed by atoms with Crippen molar-refractivity contribution in [3.8, 4) is 22.9 Å². The number of ether oxygens (including phenoxy) is 2. The van der Waals surface area contributed by atoms with E-state index in [9.17, 15) is 13.2 Å². The van der Waals surface area contributed by atoms with Crippen molar-refractivity contribution in [2.24, 2.45) is 5.92 Å². The van der Waals surface area contributed by atoms with Crippen LogP contribution in [0.3, 0.4) is 0 Å². The van der Waals surface area contributed by atoms with Crippen LogP contribution in [-0.2, 0) is 14.8 Å². The van der Waals surface area contributed by atoms with Gasteiger partial charge in [0.1, 0.15) is 11.3 Å². The number of aromatic nitrogens is 3. The summed E-state index contributed by atoms with van der Waals surface area (Å²) in [5, 5.41) is 7.22. The fraction of sp³-hybridized carbons (Fsp3) is 0.458. The van der Waals surface area contributed by atoms with Crippen LogP contribution in [0, 0.1) is 5.92 Å². The lowest BCUT2D eigenvalue weighted by Gasteiger charge is -2.35. The van der Waals surface area contributed by atoms with Gasteiger partial charge in [0.25, 0.3) is 0 Å². The van der Waals surface area contributed by atoms with Gasteiger partial charge in [-0.2, -0.15) is 9.40 Å². The second kappa shape index (κ2) is 9.94.